The summed E-state index contributed by atoms with van der Waals surface area (Å²) in [6, 6.07) is 6.49. The molecule has 1 aliphatic heterocycles. The van der Waals surface area contributed by atoms with Crippen molar-refractivity contribution in [1.82, 2.24) is 0 Å². The van der Waals surface area contributed by atoms with Gasteiger partial charge >= 0.3 is 0 Å². The van der Waals surface area contributed by atoms with Crippen molar-refractivity contribution in [2.75, 3.05) is 0 Å². The molecule has 0 saturated carbocycles. The van der Waals surface area contributed by atoms with Gasteiger partial charge in [0.1, 0.15) is 5.84 Å². The number of aliphatic imine (C=N–C) groups is 2. The van der Waals surface area contributed by atoms with Gasteiger partial charge < -0.3 is 0 Å². The van der Waals surface area contributed by atoms with Crippen LogP contribution in [0.2, 0.25) is 5.02 Å². The quantitative estimate of drug-likeness (QED) is 0.621. The summed E-state index contributed by atoms with van der Waals surface area (Å²) in [6.07, 6.45) is 4.30. The van der Waals surface area contributed by atoms with E-state index in [1.165, 1.54) is 12.3 Å². The first-order valence-corrected chi connectivity index (χ1v) is 5.68. The number of hydrogen-bond donors (Lipinski definition) is 0. The number of halogens is 1. The van der Waals surface area contributed by atoms with Crippen molar-refractivity contribution < 1.29 is 4.92 Å². The zero-order valence-corrected chi connectivity index (χ0v) is 10.1. The van der Waals surface area contributed by atoms with Gasteiger partial charge in [0.2, 0.25) is 0 Å². The van der Waals surface area contributed by atoms with Crippen LogP contribution in [-0.2, 0) is 6.54 Å². The van der Waals surface area contributed by atoms with Crippen molar-refractivity contribution in [2.45, 2.75) is 12.6 Å². The van der Waals surface area contributed by atoms with E-state index in [-0.39, 0.29) is 0 Å². The third-order valence-electron chi connectivity index (χ3n) is 2.38. The third kappa shape index (κ3) is 3.24. The summed E-state index contributed by atoms with van der Waals surface area (Å²) in [5, 5.41) is 11.2. The zero-order chi connectivity index (χ0) is 13.0. The molecule has 2 rings (SSSR count). The predicted octanol–water partition coefficient (Wildman–Crippen LogP) is 2.52. The van der Waals surface area contributed by atoms with Gasteiger partial charge in [-0.05, 0) is 29.8 Å². The lowest BCUT2D eigenvalue weighted by Crippen LogP contribution is -2.21. The maximum absolute atomic E-state index is 10.5. The van der Waals surface area contributed by atoms with E-state index in [0.29, 0.717) is 17.4 Å². The van der Waals surface area contributed by atoms with E-state index in [4.69, 9.17) is 11.6 Å². The Morgan fingerprint density at radius 1 is 1.39 bits per heavy atom. The highest BCUT2D eigenvalue weighted by atomic mass is 35.5. The lowest BCUT2D eigenvalue weighted by atomic mass is 10.2. The Labute approximate surface area is 109 Å². The fraction of sp³-hybridized carbons (Fsp3) is 0.167. The van der Waals surface area contributed by atoms with Gasteiger partial charge in [0.25, 0.3) is 6.04 Å². The van der Waals surface area contributed by atoms with Crippen molar-refractivity contribution in [1.29, 1.82) is 0 Å². The summed E-state index contributed by atoms with van der Waals surface area (Å²) in [6.45, 7) is 0.470. The molecule has 1 aliphatic rings. The van der Waals surface area contributed by atoms with Gasteiger partial charge in [0, 0.05) is 9.95 Å². The van der Waals surface area contributed by atoms with Gasteiger partial charge in [-0.1, -0.05) is 23.7 Å². The number of hydrogen-bond acceptors (Lipinski definition) is 3. The van der Waals surface area contributed by atoms with Crippen LogP contribution in [0, 0.1) is 10.1 Å². The van der Waals surface area contributed by atoms with E-state index in [1.54, 1.807) is 18.2 Å². The monoisotopic (exact) mass is 263 g/mol. The molecule has 1 heterocycles. The second-order valence-electron chi connectivity index (χ2n) is 3.71. The fourth-order valence-electron chi connectivity index (χ4n) is 1.41. The van der Waals surface area contributed by atoms with Crippen LogP contribution in [0.3, 0.4) is 0 Å². The van der Waals surface area contributed by atoms with Crippen molar-refractivity contribution in [3.05, 3.63) is 57.1 Å². The smallest absolute Gasteiger partial charge is 0.264 e. The van der Waals surface area contributed by atoms with Gasteiger partial charge in [0.15, 0.2) is 0 Å². The highest BCUT2D eigenvalue weighted by Crippen LogP contribution is 2.10. The van der Waals surface area contributed by atoms with Gasteiger partial charge in [-0.15, -0.1) is 0 Å². The standard InChI is InChI=1S/C12H10ClN3O2/c13-10-3-1-9(2-4-10)7-14-12-6-5-11(8-15-12)16(17)18/h1-6,8,11H,7H2. The third-order valence-corrected chi connectivity index (χ3v) is 2.63. The van der Waals surface area contributed by atoms with E-state index in [1.807, 2.05) is 12.1 Å². The highest BCUT2D eigenvalue weighted by molar-refractivity contribution is 6.30. The van der Waals surface area contributed by atoms with Gasteiger partial charge in [-0.2, -0.15) is 0 Å². The minimum absolute atomic E-state index is 0.407. The molecule has 18 heavy (non-hydrogen) atoms. The second kappa shape index (κ2) is 5.55. The molecule has 6 heteroatoms. The molecular weight excluding hydrogens is 254 g/mol. The Morgan fingerprint density at radius 3 is 2.67 bits per heavy atom. The molecule has 1 aromatic rings. The normalized spacial score (nSPS) is 20.3. The van der Waals surface area contributed by atoms with Crippen molar-refractivity contribution in [3.63, 3.8) is 0 Å². The van der Waals surface area contributed by atoms with Crippen molar-refractivity contribution >= 4 is 23.7 Å². The van der Waals surface area contributed by atoms with Crippen LogP contribution in [0.15, 0.2) is 46.4 Å². The maximum Gasteiger partial charge on any atom is 0.266 e. The SMILES string of the molecule is O=[N+]([O-])C1C=CC(=NCc2ccc(Cl)cc2)N=C1. The minimum Gasteiger partial charge on any atom is -0.264 e. The summed E-state index contributed by atoms with van der Waals surface area (Å²) < 4.78 is 0. The highest BCUT2D eigenvalue weighted by Gasteiger charge is 2.15. The topological polar surface area (TPSA) is 67.9 Å². The molecule has 0 N–H and O–H groups in total. The average Bonchev–Trinajstić information content (AvgIpc) is 2.38. The molecule has 1 atom stereocenters. The summed E-state index contributed by atoms with van der Waals surface area (Å²) in [7, 11) is 0. The second-order valence-corrected chi connectivity index (χ2v) is 4.15. The lowest BCUT2D eigenvalue weighted by molar-refractivity contribution is -0.489. The first-order chi connectivity index (χ1) is 8.65. The Balaban J connectivity index is 2.00. The summed E-state index contributed by atoms with van der Waals surface area (Å²) >= 11 is 5.77. The van der Waals surface area contributed by atoms with E-state index < -0.39 is 11.0 Å². The van der Waals surface area contributed by atoms with Crippen LogP contribution >= 0.6 is 11.6 Å². The first-order valence-electron chi connectivity index (χ1n) is 5.30. The number of dihydropyridines is 1. The molecule has 5 nitrogen and oxygen atoms in total. The predicted molar refractivity (Wildman–Crippen MR) is 71.0 cm³/mol. The minimum atomic E-state index is -0.848. The molecule has 0 aliphatic carbocycles. The van der Waals surface area contributed by atoms with Gasteiger partial charge in [0.05, 0.1) is 12.8 Å². The van der Waals surface area contributed by atoms with Crippen LogP contribution in [-0.4, -0.2) is 23.0 Å². The number of nitro groups is 1. The van der Waals surface area contributed by atoms with E-state index in [2.05, 4.69) is 9.98 Å². The first kappa shape index (κ1) is 12.4. The van der Waals surface area contributed by atoms with E-state index in [9.17, 15) is 10.1 Å². The summed E-state index contributed by atoms with van der Waals surface area (Å²) in [4.78, 5) is 18.3. The Bertz CT molecular complexity index is 519. The molecule has 0 fully saturated rings. The van der Waals surface area contributed by atoms with Gasteiger partial charge in [-0.3, -0.25) is 15.1 Å². The number of rotatable bonds is 3. The average molecular weight is 264 g/mol. The number of nitrogens with zero attached hydrogens (tertiary/aromatic N) is 3. The molecule has 1 aromatic carbocycles. The van der Waals surface area contributed by atoms with Crippen molar-refractivity contribution in [3.8, 4) is 0 Å². The molecule has 0 aromatic heterocycles. The summed E-state index contributed by atoms with van der Waals surface area (Å²) in [5.41, 5.74) is 1.01. The Morgan fingerprint density at radius 2 is 2.11 bits per heavy atom. The molecule has 0 bridgehead atoms. The zero-order valence-electron chi connectivity index (χ0n) is 9.36. The fourth-order valence-corrected chi connectivity index (χ4v) is 1.54. The van der Waals surface area contributed by atoms with E-state index in [0.717, 1.165) is 5.56 Å². The van der Waals surface area contributed by atoms with Crippen LogP contribution in [0.25, 0.3) is 0 Å². The molecule has 0 saturated heterocycles. The number of amidine groups is 1. The molecular formula is C12H10ClN3O2. The lowest BCUT2D eigenvalue weighted by Gasteiger charge is -2.04. The largest absolute Gasteiger partial charge is 0.266 e. The number of benzene rings is 1. The van der Waals surface area contributed by atoms with Crippen molar-refractivity contribution in [2.24, 2.45) is 9.98 Å². The maximum atomic E-state index is 10.5. The Hall–Kier alpha value is -2.01. The Kier molecular flexibility index (Phi) is 3.84. The molecule has 0 spiro atoms. The van der Waals surface area contributed by atoms with Crippen LogP contribution in [0.4, 0.5) is 0 Å². The van der Waals surface area contributed by atoms with Crippen LogP contribution in [0.5, 0.6) is 0 Å². The van der Waals surface area contributed by atoms with Gasteiger partial charge in [-0.25, -0.2) is 4.99 Å². The van der Waals surface area contributed by atoms with Crippen LogP contribution < -0.4 is 0 Å². The molecule has 1 unspecified atom stereocenters. The molecule has 0 radical (unpaired) electrons. The van der Waals surface area contributed by atoms with Crippen LogP contribution in [0.1, 0.15) is 5.56 Å². The van der Waals surface area contributed by atoms with E-state index >= 15 is 0 Å². The summed E-state index contributed by atoms with van der Waals surface area (Å²) in [5.74, 6) is 0.489. The molecule has 0 amide bonds. The molecule has 92 valence electrons.